The molecule has 2 N–H and O–H groups in total. The van der Waals surface area contributed by atoms with Crippen LogP contribution in [0.1, 0.15) is 48.5 Å². The van der Waals surface area contributed by atoms with Gasteiger partial charge in [0.15, 0.2) is 0 Å². The van der Waals surface area contributed by atoms with E-state index in [0.717, 1.165) is 24.7 Å². The van der Waals surface area contributed by atoms with Gasteiger partial charge in [-0.1, -0.05) is 41.9 Å². The Morgan fingerprint density at radius 2 is 1.85 bits per heavy atom. The third-order valence-corrected chi connectivity index (χ3v) is 10.0. The predicted molar refractivity (Wildman–Crippen MR) is 155 cm³/mol. The Hall–Kier alpha value is -2.73. The first kappa shape index (κ1) is 28.8. The molecule has 2 aliphatic heterocycles. The van der Waals surface area contributed by atoms with Crippen LogP contribution in [0, 0.1) is 5.92 Å². The van der Waals surface area contributed by atoms with Crippen molar-refractivity contribution in [3.63, 3.8) is 0 Å². The quantitative estimate of drug-likeness (QED) is 0.432. The summed E-state index contributed by atoms with van der Waals surface area (Å²) in [5.41, 5.74) is 1.18. The van der Waals surface area contributed by atoms with Crippen LogP contribution in [0.5, 0.6) is 0 Å². The van der Waals surface area contributed by atoms with E-state index >= 15 is 0 Å². The van der Waals surface area contributed by atoms with Gasteiger partial charge in [-0.2, -0.15) is 4.72 Å². The average Bonchev–Trinajstić information content (AvgIpc) is 3.40. The van der Waals surface area contributed by atoms with Crippen LogP contribution in [0.15, 0.2) is 47.9 Å². The molecule has 3 fully saturated rings. The Bertz CT molecular complexity index is 1380. The molecule has 9 nitrogen and oxygen atoms in total. The highest BCUT2D eigenvalue weighted by atomic mass is 35.5. The summed E-state index contributed by atoms with van der Waals surface area (Å²) in [7, 11) is -3.87. The lowest BCUT2D eigenvalue weighted by molar-refractivity contribution is -0.143. The zero-order valence-electron chi connectivity index (χ0n) is 22.0. The van der Waals surface area contributed by atoms with Crippen LogP contribution in [-0.4, -0.2) is 74.2 Å². The van der Waals surface area contributed by atoms with Gasteiger partial charge in [0.1, 0.15) is 6.04 Å². The molecule has 214 valence electrons. The van der Waals surface area contributed by atoms with E-state index in [1.807, 2.05) is 30.3 Å². The van der Waals surface area contributed by atoms with Crippen LogP contribution < -0.4 is 10.0 Å². The molecule has 40 heavy (non-hydrogen) atoms. The van der Waals surface area contributed by atoms with Gasteiger partial charge in [0.25, 0.3) is 0 Å². The van der Waals surface area contributed by atoms with Gasteiger partial charge >= 0.3 is 0 Å². The summed E-state index contributed by atoms with van der Waals surface area (Å²) in [5, 5.41) is 4.07. The third kappa shape index (κ3) is 7.12. The number of piperidine rings is 1. The van der Waals surface area contributed by atoms with E-state index < -0.39 is 22.0 Å². The number of nitrogens with one attached hydrogen (secondary N) is 2. The van der Waals surface area contributed by atoms with Gasteiger partial charge in [-0.3, -0.25) is 14.4 Å². The lowest BCUT2D eigenvalue weighted by atomic mass is 10.1. The summed E-state index contributed by atoms with van der Waals surface area (Å²) in [6.07, 6.45) is 4.84. The summed E-state index contributed by atoms with van der Waals surface area (Å²) in [6.45, 7) is 1.25. The number of likely N-dealkylation sites (tertiary alicyclic amines) is 2. The first-order valence-corrected chi connectivity index (χ1v) is 16.3. The summed E-state index contributed by atoms with van der Waals surface area (Å²) >= 11 is 7.14. The van der Waals surface area contributed by atoms with Crippen LogP contribution in [0.4, 0.5) is 0 Å². The molecule has 2 aromatic rings. The van der Waals surface area contributed by atoms with Crippen LogP contribution in [0.3, 0.4) is 0 Å². The van der Waals surface area contributed by atoms with Crippen LogP contribution >= 0.6 is 22.9 Å². The fourth-order valence-electron chi connectivity index (χ4n) is 5.55. The normalized spacial score (nSPS) is 25.0. The van der Waals surface area contributed by atoms with Gasteiger partial charge < -0.3 is 15.1 Å². The molecule has 0 unspecified atom stereocenters. The van der Waals surface area contributed by atoms with E-state index in [1.54, 1.807) is 17.0 Å². The first-order valence-electron chi connectivity index (χ1n) is 13.6. The molecule has 1 aromatic heterocycles. The number of hydrogen-bond acceptors (Lipinski definition) is 6. The molecule has 0 radical (unpaired) electrons. The maximum Gasteiger partial charge on any atom is 0.242 e. The van der Waals surface area contributed by atoms with Crippen molar-refractivity contribution in [2.24, 2.45) is 5.92 Å². The average molecular weight is 605 g/mol. The van der Waals surface area contributed by atoms with Gasteiger partial charge in [-0.15, -0.1) is 11.3 Å². The standard InChI is InChI=1S/C28H33ClN4O5S2/c29-25-11-10-21(39-25)12-15-40(37,38)31-24-9-5-13-32(28(24)36)18-26(34)33-14-4-8-20(33)17-30-27(35)23-16-22(23)19-6-2-1-3-7-19/h1-3,6-7,10-12,15,20,22-24,31H,4-5,8-9,13-14,16-18H2,(H,30,35)/b15-12+/t20-,22+,23-,24+/m1/s1. The molecular weight excluding hydrogens is 572 g/mol. The number of thiophene rings is 1. The van der Waals surface area contributed by atoms with Gasteiger partial charge in [-0.25, -0.2) is 8.42 Å². The summed E-state index contributed by atoms with van der Waals surface area (Å²) in [6, 6.07) is 12.4. The topological polar surface area (TPSA) is 116 Å². The van der Waals surface area contributed by atoms with E-state index in [4.69, 9.17) is 11.6 Å². The van der Waals surface area contributed by atoms with E-state index in [9.17, 15) is 22.8 Å². The lowest BCUT2D eigenvalue weighted by Gasteiger charge is -2.34. The molecule has 5 rings (SSSR count). The Morgan fingerprint density at radius 3 is 2.60 bits per heavy atom. The Morgan fingerprint density at radius 1 is 1.07 bits per heavy atom. The fourth-order valence-corrected chi connectivity index (χ4v) is 7.62. The number of carbonyl (C=O) groups is 3. The largest absolute Gasteiger partial charge is 0.354 e. The molecule has 4 atom stereocenters. The number of sulfonamides is 1. The molecular formula is C28H33ClN4O5S2. The molecule has 12 heteroatoms. The number of nitrogens with zero attached hydrogens (tertiary/aromatic N) is 2. The number of hydrogen-bond donors (Lipinski definition) is 2. The van der Waals surface area contributed by atoms with E-state index in [0.29, 0.717) is 41.7 Å². The summed E-state index contributed by atoms with van der Waals surface area (Å²) in [4.78, 5) is 42.9. The minimum atomic E-state index is -3.87. The van der Waals surface area contributed by atoms with E-state index in [2.05, 4.69) is 10.0 Å². The summed E-state index contributed by atoms with van der Waals surface area (Å²) in [5.74, 6) is -0.344. The number of carbonyl (C=O) groups excluding carboxylic acids is 3. The Labute approximate surface area is 243 Å². The second kappa shape index (κ2) is 12.4. The van der Waals surface area contributed by atoms with Crippen LogP contribution in [0.2, 0.25) is 4.34 Å². The van der Waals surface area contributed by atoms with Gasteiger partial charge in [-0.05, 0) is 61.8 Å². The van der Waals surface area contributed by atoms with E-state index in [-0.39, 0.29) is 36.2 Å². The highest BCUT2D eigenvalue weighted by Crippen LogP contribution is 2.47. The van der Waals surface area contributed by atoms with Crippen molar-refractivity contribution in [3.05, 3.63) is 62.6 Å². The molecule has 0 spiro atoms. The molecule has 0 bridgehead atoms. The Balaban J connectivity index is 1.11. The molecule has 1 aromatic carbocycles. The SMILES string of the molecule is O=C(NC[C@H]1CCCN1C(=O)CN1CCC[C@H](NS(=O)(=O)/C=C/c2ccc(Cl)s2)C1=O)[C@@H]1C[C@H]1c1ccccc1. The smallest absolute Gasteiger partial charge is 0.242 e. The fraction of sp³-hybridized carbons (Fsp3) is 0.464. The van der Waals surface area contributed by atoms with Crippen molar-refractivity contribution in [1.29, 1.82) is 0 Å². The minimum absolute atomic E-state index is 0.0192. The number of amides is 3. The molecule has 3 heterocycles. The van der Waals surface area contributed by atoms with Crippen molar-refractivity contribution >= 4 is 56.8 Å². The molecule has 2 saturated heterocycles. The first-order chi connectivity index (χ1) is 19.2. The zero-order valence-corrected chi connectivity index (χ0v) is 24.4. The molecule has 1 aliphatic carbocycles. The van der Waals surface area contributed by atoms with Crippen molar-refractivity contribution in [1.82, 2.24) is 19.8 Å². The molecule has 3 amide bonds. The molecule has 1 saturated carbocycles. The van der Waals surface area contributed by atoms with Crippen LogP contribution in [0.25, 0.3) is 6.08 Å². The van der Waals surface area contributed by atoms with E-state index in [1.165, 1.54) is 27.9 Å². The van der Waals surface area contributed by atoms with Crippen molar-refractivity contribution in [2.45, 2.75) is 50.1 Å². The monoisotopic (exact) mass is 604 g/mol. The summed E-state index contributed by atoms with van der Waals surface area (Å²) < 4.78 is 28.2. The second-order valence-corrected chi connectivity index (χ2v) is 13.9. The lowest BCUT2D eigenvalue weighted by Crippen LogP contribution is -2.55. The van der Waals surface area contributed by atoms with Gasteiger partial charge in [0, 0.05) is 41.9 Å². The number of benzene rings is 1. The third-order valence-electron chi connectivity index (χ3n) is 7.73. The van der Waals surface area contributed by atoms with Gasteiger partial charge in [0.2, 0.25) is 27.7 Å². The number of rotatable bonds is 10. The maximum atomic E-state index is 13.2. The molecule has 3 aliphatic rings. The maximum absolute atomic E-state index is 13.2. The van der Waals surface area contributed by atoms with Crippen molar-refractivity contribution < 1.29 is 22.8 Å². The van der Waals surface area contributed by atoms with Crippen molar-refractivity contribution in [3.8, 4) is 0 Å². The highest BCUT2D eigenvalue weighted by molar-refractivity contribution is 7.92. The van der Waals surface area contributed by atoms with Gasteiger partial charge in [0.05, 0.1) is 10.9 Å². The highest BCUT2D eigenvalue weighted by Gasteiger charge is 2.44. The second-order valence-electron chi connectivity index (χ2n) is 10.5. The van der Waals surface area contributed by atoms with Crippen molar-refractivity contribution in [2.75, 3.05) is 26.2 Å². The number of halogens is 1. The van der Waals surface area contributed by atoms with Crippen LogP contribution in [-0.2, 0) is 24.4 Å². The minimum Gasteiger partial charge on any atom is -0.354 e. The zero-order chi connectivity index (χ0) is 28.3. The Kier molecular flexibility index (Phi) is 8.94. The predicted octanol–water partition coefficient (Wildman–Crippen LogP) is 3.19.